The summed E-state index contributed by atoms with van der Waals surface area (Å²) in [5.41, 5.74) is 5.51. The summed E-state index contributed by atoms with van der Waals surface area (Å²) >= 11 is 0. The lowest BCUT2D eigenvalue weighted by Crippen LogP contribution is -2.54. The summed E-state index contributed by atoms with van der Waals surface area (Å²) in [4.78, 5) is 57.4. The summed E-state index contributed by atoms with van der Waals surface area (Å²) in [6.45, 7) is 1.57. The third kappa shape index (κ3) is 13.1. The molecule has 0 spiro atoms. The van der Waals surface area contributed by atoms with Crippen molar-refractivity contribution in [3.8, 4) is 0 Å². The molecule has 7 atom stereocenters. The number of hydrogen-bond acceptors (Lipinski definition) is 14. The van der Waals surface area contributed by atoms with E-state index in [1.807, 2.05) is 13.8 Å². The van der Waals surface area contributed by atoms with Crippen LogP contribution < -0.4 is 11.1 Å². The quantitative estimate of drug-likeness (QED) is 0.0600. The third-order valence-corrected chi connectivity index (χ3v) is 9.00. The number of ether oxygens (including phenoxy) is 3. The van der Waals surface area contributed by atoms with Gasteiger partial charge in [0.2, 0.25) is 0 Å². The molecule has 254 valence electrons. The van der Waals surface area contributed by atoms with E-state index in [0.717, 1.165) is 30.6 Å². The molecule has 1 saturated heterocycles. The highest BCUT2D eigenvalue weighted by Crippen LogP contribution is 2.60. The normalized spacial score (nSPS) is 25.4. The molecule has 0 aromatic heterocycles. The molecule has 2 heterocycles. The van der Waals surface area contributed by atoms with Gasteiger partial charge in [-0.2, -0.15) is 4.31 Å². The molecule has 0 aliphatic carbocycles. The van der Waals surface area contributed by atoms with E-state index in [9.17, 15) is 43.5 Å². The summed E-state index contributed by atoms with van der Waals surface area (Å²) in [6.07, 6.45) is -1.53. The van der Waals surface area contributed by atoms with E-state index >= 15 is 0 Å². The molecule has 2 amide bonds. The number of hydrogen-bond donors (Lipinski definition) is 6. The number of rotatable bonds is 20. The number of aliphatic hydroxyl groups excluding tert-OH is 2. The van der Waals surface area contributed by atoms with E-state index in [-0.39, 0.29) is 25.2 Å². The molecular formula is C24H43N3O15P2. The van der Waals surface area contributed by atoms with Crippen molar-refractivity contribution < 1.29 is 71.1 Å². The fourth-order valence-corrected chi connectivity index (χ4v) is 6.16. The van der Waals surface area contributed by atoms with Crippen LogP contribution in [0.5, 0.6) is 0 Å². The topological polar surface area (TPSA) is 263 Å². The van der Waals surface area contributed by atoms with Crippen molar-refractivity contribution in [2.24, 2.45) is 5.73 Å². The number of urea groups is 1. The van der Waals surface area contributed by atoms with E-state index in [4.69, 9.17) is 24.5 Å². The number of nitrogens with one attached hydrogen (secondary N) is 1. The predicted molar refractivity (Wildman–Crippen MR) is 150 cm³/mol. The minimum atomic E-state index is -5.36. The average molecular weight is 676 g/mol. The van der Waals surface area contributed by atoms with Crippen LogP contribution >= 0.6 is 15.6 Å². The van der Waals surface area contributed by atoms with Crippen LogP contribution in [0.25, 0.3) is 0 Å². The van der Waals surface area contributed by atoms with Gasteiger partial charge in [-0.1, -0.05) is 39.5 Å². The lowest BCUT2D eigenvalue weighted by molar-refractivity contribution is -0.161. The van der Waals surface area contributed by atoms with Gasteiger partial charge in [-0.25, -0.2) is 13.9 Å². The third-order valence-electron chi connectivity index (χ3n) is 6.39. The van der Waals surface area contributed by atoms with Crippen LogP contribution in [0.1, 0.15) is 65.2 Å². The smallest absolute Gasteiger partial charge is 0.462 e. The van der Waals surface area contributed by atoms with Crippen LogP contribution in [-0.4, -0.2) is 99.9 Å². The maximum absolute atomic E-state index is 12.4. The Morgan fingerprint density at radius 2 is 1.64 bits per heavy atom. The molecular weight excluding hydrogens is 632 g/mol. The minimum absolute atomic E-state index is 0.0413. The van der Waals surface area contributed by atoms with E-state index in [0.29, 0.717) is 12.8 Å². The van der Waals surface area contributed by atoms with Gasteiger partial charge in [0.15, 0.2) is 12.3 Å². The maximum Gasteiger partial charge on any atom is 0.481 e. The van der Waals surface area contributed by atoms with Gasteiger partial charge in [-0.3, -0.25) is 28.9 Å². The molecule has 2 rings (SSSR count). The molecule has 44 heavy (non-hydrogen) atoms. The molecule has 2 aliphatic heterocycles. The first-order valence-electron chi connectivity index (χ1n) is 14.2. The van der Waals surface area contributed by atoms with E-state index in [1.54, 1.807) is 0 Å². The molecule has 0 aromatic carbocycles. The Balaban J connectivity index is 1.92. The van der Waals surface area contributed by atoms with Gasteiger partial charge in [0.05, 0.1) is 13.2 Å². The molecule has 0 aromatic rings. The first kappa shape index (κ1) is 38.1. The van der Waals surface area contributed by atoms with E-state index in [1.165, 1.54) is 6.08 Å². The van der Waals surface area contributed by atoms with Gasteiger partial charge in [0.1, 0.15) is 30.7 Å². The summed E-state index contributed by atoms with van der Waals surface area (Å²) in [5, 5.41) is 22.9. The second-order valence-electron chi connectivity index (χ2n) is 10.1. The average Bonchev–Trinajstić information content (AvgIpc) is 3.22. The summed E-state index contributed by atoms with van der Waals surface area (Å²) in [5.74, 6) is -1.17. The molecule has 0 saturated carbocycles. The lowest BCUT2D eigenvalue weighted by Gasteiger charge is -2.32. The zero-order valence-corrected chi connectivity index (χ0v) is 26.4. The highest BCUT2D eigenvalue weighted by Gasteiger charge is 2.48. The number of amides is 2. The van der Waals surface area contributed by atoms with Crippen molar-refractivity contribution in [2.45, 2.75) is 95.9 Å². The Labute approximate surface area is 255 Å². The van der Waals surface area contributed by atoms with Crippen molar-refractivity contribution in [1.29, 1.82) is 0 Å². The Hall–Kier alpha value is -2.11. The largest absolute Gasteiger partial charge is 0.481 e. The number of nitrogens with two attached hydrogens (primary N) is 1. The van der Waals surface area contributed by atoms with Crippen molar-refractivity contribution in [2.75, 3.05) is 26.4 Å². The van der Waals surface area contributed by atoms with Crippen molar-refractivity contribution in [3.63, 3.8) is 0 Å². The highest BCUT2D eigenvalue weighted by atomic mass is 31.3. The van der Waals surface area contributed by atoms with Crippen LogP contribution in [0.3, 0.4) is 0 Å². The van der Waals surface area contributed by atoms with Gasteiger partial charge in [0, 0.05) is 19.4 Å². The van der Waals surface area contributed by atoms with Gasteiger partial charge in [-0.15, -0.1) is 0 Å². The molecule has 20 heteroatoms. The predicted octanol–water partition coefficient (Wildman–Crippen LogP) is 1.12. The molecule has 1 fully saturated rings. The zero-order valence-electron chi connectivity index (χ0n) is 24.6. The van der Waals surface area contributed by atoms with Gasteiger partial charge < -0.3 is 39.9 Å². The standard InChI is InChI=1S/C24H43N3O15P2/c1-3-5-7-9-19(28)37-13-16(40-20(29)10-8-6-4-2)14-38-43(33,34)42-44(35,36)39-15-17-21(30)22(31)23(41-17)27-12-11-18(25)26-24(27)32/h11,16-17,21-23,30-31H,3-10,12-15,25H2,1-2H3,(H,26,32)(H,33,34)(H,35,36)/t16-,17+,21+,22+,23+/m0/s1. The maximum atomic E-state index is 12.4. The van der Waals surface area contributed by atoms with Crippen molar-refractivity contribution in [3.05, 3.63) is 11.9 Å². The first-order valence-corrected chi connectivity index (χ1v) is 17.2. The number of phosphoric acid groups is 2. The Morgan fingerprint density at radius 1 is 1.02 bits per heavy atom. The Morgan fingerprint density at radius 3 is 2.25 bits per heavy atom. The highest BCUT2D eigenvalue weighted by molar-refractivity contribution is 7.61. The van der Waals surface area contributed by atoms with Crippen LogP contribution in [0, 0.1) is 0 Å². The fourth-order valence-electron chi connectivity index (χ4n) is 4.05. The summed E-state index contributed by atoms with van der Waals surface area (Å²) in [7, 11) is -10.7. The van der Waals surface area contributed by atoms with E-state index in [2.05, 4.69) is 14.2 Å². The molecule has 0 bridgehead atoms. The molecule has 7 N–H and O–H groups in total. The number of unbranched alkanes of at least 4 members (excludes halogenated alkanes) is 4. The molecule has 2 aliphatic rings. The second-order valence-corrected chi connectivity index (χ2v) is 13.2. The number of phosphoric ester groups is 2. The molecule has 2 unspecified atom stereocenters. The van der Waals surface area contributed by atoms with Gasteiger partial charge >= 0.3 is 33.6 Å². The van der Waals surface area contributed by atoms with Crippen molar-refractivity contribution >= 4 is 33.6 Å². The van der Waals surface area contributed by atoms with Gasteiger partial charge in [0.25, 0.3) is 0 Å². The van der Waals surface area contributed by atoms with Crippen LogP contribution in [0.15, 0.2) is 11.9 Å². The molecule has 0 radical (unpaired) electrons. The van der Waals surface area contributed by atoms with Crippen LogP contribution in [0.2, 0.25) is 0 Å². The lowest BCUT2D eigenvalue weighted by atomic mass is 10.1. The molecule has 18 nitrogen and oxygen atoms in total. The SMILES string of the molecule is CCCCCC(=O)OC[C@@H](COP(=O)(O)OP(=O)(O)OC[C@H]1O[C@@H](N2CC=C(N)NC2=O)[C@H](O)[C@@H]1O)OC(=O)CCCCC. The van der Waals surface area contributed by atoms with Crippen LogP contribution in [0.4, 0.5) is 4.79 Å². The Bertz CT molecular complexity index is 1090. The number of esters is 2. The number of nitrogens with zero attached hydrogens (tertiary/aromatic N) is 1. The monoisotopic (exact) mass is 675 g/mol. The summed E-state index contributed by atoms with van der Waals surface area (Å²) < 4.78 is 54.2. The van der Waals surface area contributed by atoms with E-state index < -0.39 is 84.1 Å². The number of carbonyl (C=O) groups excluding carboxylic acids is 3. The second kappa shape index (κ2) is 18.1. The Kier molecular flexibility index (Phi) is 15.7. The van der Waals surface area contributed by atoms with Crippen LogP contribution in [-0.2, 0) is 46.3 Å². The zero-order chi connectivity index (χ0) is 32.9. The minimum Gasteiger partial charge on any atom is -0.462 e. The van der Waals surface area contributed by atoms with Crippen molar-refractivity contribution in [1.82, 2.24) is 10.2 Å². The number of aliphatic hydroxyl groups is 2. The fraction of sp³-hybridized carbons (Fsp3) is 0.792. The van der Waals surface area contributed by atoms with Gasteiger partial charge in [-0.05, 0) is 18.9 Å². The summed E-state index contributed by atoms with van der Waals surface area (Å²) in [6, 6.07) is -0.728. The first-order chi connectivity index (χ1) is 20.7. The number of carbonyl (C=O) groups is 3.